The highest BCUT2D eigenvalue weighted by Crippen LogP contribution is 2.26. The highest BCUT2D eigenvalue weighted by atomic mass is 32.2. The van der Waals surface area contributed by atoms with Gasteiger partial charge in [0.25, 0.3) is 0 Å². The third kappa shape index (κ3) is 4.40. The van der Waals surface area contributed by atoms with Crippen LogP contribution in [0.1, 0.15) is 24.1 Å². The summed E-state index contributed by atoms with van der Waals surface area (Å²) in [5.41, 5.74) is 1.48. The second-order valence-corrected chi connectivity index (χ2v) is 6.88. The lowest BCUT2D eigenvalue weighted by Crippen LogP contribution is -2.38. The number of rotatable bonds is 5. The molecule has 6 nitrogen and oxygen atoms in total. The molecule has 1 atom stereocenters. The van der Waals surface area contributed by atoms with Gasteiger partial charge in [-0.2, -0.15) is 5.26 Å². The average molecular weight is 355 g/mol. The Kier molecular flexibility index (Phi) is 5.71. The van der Waals surface area contributed by atoms with Crippen molar-refractivity contribution in [3.63, 3.8) is 0 Å². The van der Waals surface area contributed by atoms with Gasteiger partial charge in [-0.15, -0.1) is 0 Å². The summed E-state index contributed by atoms with van der Waals surface area (Å²) in [4.78, 5) is 15.1. The highest BCUT2D eigenvalue weighted by Gasteiger charge is 2.24. The second-order valence-electron chi connectivity index (χ2n) is 6.10. The maximum atomic E-state index is 9.36. The molecule has 7 heteroatoms. The first kappa shape index (κ1) is 17.5. The predicted octanol–water partition coefficient (Wildman–Crippen LogP) is 3.07. The maximum absolute atomic E-state index is 9.36. The topological polar surface area (TPSA) is 74.9 Å². The molecule has 0 radical (unpaired) electrons. The molecule has 0 saturated carbocycles. The number of piperidine rings is 1. The Morgan fingerprint density at radius 2 is 2.32 bits per heavy atom. The lowest BCUT2D eigenvalue weighted by molar-refractivity contribution is 0.228. The Bertz CT molecular complexity index is 776. The summed E-state index contributed by atoms with van der Waals surface area (Å²) in [6, 6.07) is 6.04. The third-order valence-corrected chi connectivity index (χ3v) is 4.78. The van der Waals surface area contributed by atoms with Gasteiger partial charge in [0.15, 0.2) is 11.0 Å². The van der Waals surface area contributed by atoms with Gasteiger partial charge in [0, 0.05) is 37.0 Å². The molecular formula is C18H21N5OS. The monoisotopic (exact) mass is 355 g/mol. The fourth-order valence-electron chi connectivity index (χ4n) is 2.99. The molecule has 0 spiro atoms. The van der Waals surface area contributed by atoms with Gasteiger partial charge in [0.2, 0.25) is 0 Å². The minimum absolute atomic E-state index is 0.404. The average Bonchev–Trinajstić information content (AvgIpc) is 2.66. The van der Waals surface area contributed by atoms with Gasteiger partial charge in [0.05, 0.1) is 12.8 Å². The van der Waals surface area contributed by atoms with Crippen LogP contribution in [-0.4, -0.2) is 40.9 Å². The molecule has 0 bridgehead atoms. The molecule has 1 saturated heterocycles. The number of aromatic nitrogens is 3. The van der Waals surface area contributed by atoms with E-state index in [1.54, 1.807) is 12.4 Å². The van der Waals surface area contributed by atoms with Crippen molar-refractivity contribution in [3.8, 4) is 11.8 Å². The largest absolute Gasteiger partial charge is 0.493 e. The Hall–Kier alpha value is -2.33. The number of nitrogens with zero attached hydrogens (tertiary/aromatic N) is 5. The van der Waals surface area contributed by atoms with Crippen LogP contribution in [0.5, 0.6) is 5.75 Å². The molecule has 130 valence electrons. The van der Waals surface area contributed by atoms with Crippen LogP contribution in [0.25, 0.3) is 0 Å². The van der Waals surface area contributed by atoms with Crippen LogP contribution in [-0.2, 0) is 0 Å². The molecule has 1 fully saturated rings. The predicted molar refractivity (Wildman–Crippen MR) is 97.9 cm³/mol. The number of thioether (sulfide) groups is 1. The Labute approximate surface area is 152 Å². The zero-order valence-corrected chi connectivity index (χ0v) is 15.3. The van der Waals surface area contributed by atoms with E-state index in [4.69, 9.17) is 4.74 Å². The molecule has 0 amide bonds. The van der Waals surface area contributed by atoms with Gasteiger partial charge in [-0.05, 0) is 32.1 Å². The normalized spacial score (nSPS) is 17.2. The quantitative estimate of drug-likeness (QED) is 0.602. The van der Waals surface area contributed by atoms with E-state index >= 15 is 0 Å². The summed E-state index contributed by atoms with van der Waals surface area (Å²) in [6.07, 6.45) is 7.50. The Morgan fingerprint density at radius 1 is 1.44 bits per heavy atom. The molecule has 3 rings (SSSR count). The van der Waals surface area contributed by atoms with Crippen LogP contribution < -0.4 is 9.64 Å². The SMILES string of the molecule is CSc1ncc(C#N)c(N2CCCC(COc3ccnc(C)c3)C2)n1. The molecule has 1 aliphatic rings. The number of hydrogen-bond donors (Lipinski definition) is 0. The van der Waals surface area contributed by atoms with Crippen molar-refractivity contribution in [1.82, 2.24) is 15.0 Å². The molecule has 3 heterocycles. The van der Waals surface area contributed by atoms with Crippen molar-refractivity contribution in [2.75, 3.05) is 30.9 Å². The van der Waals surface area contributed by atoms with E-state index in [1.165, 1.54) is 11.8 Å². The molecule has 0 aromatic carbocycles. The third-order valence-electron chi connectivity index (χ3n) is 4.22. The zero-order chi connectivity index (χ0) is 17.6. The highest BCUT2D eigenvalue weighted by molar-refractivity contribution is 7.98. The number of aryl methyl sites for hydroxylation is 1. The van der Waals surface area contributed by atoms with Crippen LogP contribution in [0.3, 0.4) is 0 Å². The minimum atomic E-state index is 0.404. The van der Waals surface area contributed by atoms with E-state index in [0.717, 1.165) is 43.2 Å². The standard InChI is InChI=1S/C18H21N5OS/c1-13-8-16(5-6-20-13)24-12-14-4-3-7-23(11-14)17-15(9-19)10-21-18(22-17)25-2/h5-6,8,10,14H,3-4,7,11-12H2,1-2H3. The fraction of sp³-hybridized carbons (Fsp3) is 0.444. The number of pyridine rings is 1. The molecule has 2 aromatic heterocycles. The van der Waals surface area contributed by atoms with Gasteiger partial charge in [0.1, 0.15) is 17.4 Å². The molecule has 2 aromatic rings. The van der Waals surface area contributed by atoms with Crippen molar-refractivity contribution in [3.05, 3.63) is 35.8 Å². The van der Waals surface area contributed by atoms with E-state index in [9.17, 15) is 5.26 Å². The first-order valence-corrected chi connectivity index (χ1v) is 9.53. The number of hydrogen-bond acceptors (Lipinski definition) is 7. The van der Waals surface area contributed by atoms with Crippen LogP contribution >= 0.6 is 11.8 Å². The van der Waals surface area contributed by atoms with Gasteiger partial charge in [-0.1, -0.05) is 11.8 Å². The van der Waals surface area contributed by atoms with E-state index in [0.29, 0.717) is 23.2 Å². The first-order valence-electron chi connectivity index (χ1n) is 8.31. The summed E-state index contributed by atoms with van der Waals surface area (Å²) in [6.45, 7) is 4.35. The summed E-state index contributed by atoms with van der Waals surface area (Å²) in [7, 11) is 0. The lowest BCUT2D eigenvalue weighted by Gasteiger charge is -2.33. The number of ether oxygens (including phenoxy) is 1. The smallest absolute Gasteiger partial charge is 0.189 e. The van der Waals surface area contributed by atoms with Gasteiger partial charge >= 0.3 is 0 Å². The molecule has 0 aliphatic carbocycles. The van der Waals surface area contributed by atoms with Crippen molar-refractivity contribution in [1.29, 1.82) is 5.26 Å². The van der Waals surface area contributed by atoms with Crippen molar-refractivity contribution < 1.29 is 4.74 Å². The van der Waals surface area contributed by atoms with Crippen molar-refractivity contribution in [2.45, 2.75) is 24.9 Å². The van der Waals surface area contributed by atoms with E-state index in [1.807, 2.05) is 25.3 Å². The van der Waals surface area contributed by atoms with Gasteiger partial charge in [-0.25, -0.2) is 9.97 Å². The van der Waals surface area contributed by atoms with E-state index < -0.39 is 0 Å². The first-order chi connectivity index (χ1) is 12.2. The molecular weight excluding hydrogens is 334 g/mol. The van der Waals surface area contributed by atoms with Crippen molar-refractivity contribution >= 4 is 17.6 Å². The van der Waals surface area contributed by atoms with Gasteiger partial charge < -0.3 is 9.64 Å². The maximum Gasteiger partial charge on any atom is 0.189 e. The molecule has 1 aliphatic heterocycles. The summed E-state index contributed by atoms with van der Waals surface area (Å²) < 4.78 is 5.94. The number of nitriles is 1. The number of anilines is 1. The molecule has 25 heavy (non-hydrogen) atoms. The lowest BCUT2D eigenvalue weighted by atomic mass is 9.98. The van der Waals surface area contributed by atoms with Crippen LogP contribution in [0.2, 0.25) is 0 Å². The van der Waals surface area contributed by atoms with Crippen LogP contribution in [0.15, 0.2) is 29.7 Å². The summed E-state index contributed by atoms with van der Waals surface area (Å²) >= 11 is 1.49. The van der Waals surface area contributed by atoms with Crippen LogP contribution in [0, 0.1) is 24.2 Å². The molecule has 0 N–H and O–H groups in total. The van der Waals surface area contributed by atoms with Gasteiger partial charge in [-0.3, -0.25) is 4.98 Å². The summed E-state index contributed by atoms with van der Waals surface area (Å²) in [5, 5.41) is 10.1. The Balaban J connectivity index is 1.68. The second kappa shape index (κ2) is 8.17. The zero-order valence-electron chi connectivity index (χ0n) is 14.5. The van der Waals surface area contributed by atoms with E-state index in [2.05, 4.69) is 25.9 Å². The van der Waals surface area contributed by atoms with Crippen molar-refractivity contribution in [2.24, 2.45) is 5.92 Å². The van der Waals surface area contributed by atoms with E-state index in [-0.39, 0.29) is 0 Å². The fourth-order valence-corrected chi connectivity index (χ4v) is 3.33. The summed E-state index contributed by atoms with van der Waals surface area (Å²) in [5.74, 6) is 2.00. The minimum Gasteiger partial charge on any atom is -0.493 e. The molecule has 1 unspecified atom stereocenters. The van der Waals surface area contributed by atoms with Crippen LogP contribution in [0.4, 0.5) is 5.82 Å². The Morgan fingerprint density at radius 3 is 3.08 bits per heavy atom.